The van der Waals surface area contributed by atoms with Crippen molar-refractivity contribution in [2.45, 2.75) is 59.9 Å². The topological polar surface area (TPSA) is 64.4 Å². The van der Waals surface area contributed by atoms with Crippen LogP contribution in [0.25, 0.3) is 0 Å². The maximum absolute atomic E-state index is 12.3. The molecule has 0 spiro atoms. The van der Waals surface area contributed by atoms with Gasteiger partial charge in [0.05, 0.1) is 12.1 Å². The number of hydrogen-bond donors (Lipinski definition) is 0. The fourth-order valence-corrected chi connectivity index (χ4v) is 3.64. The summed E-state index contributed by atoms with van der Waals surface area (Å²) in [6.45, 7) is 10.0. The third-order valence-electron chi connectivity index (χ3n) is 5.10. The van der Waals surface area contributed by atoms with Gasteiger partial charge in [0, 0.05) is 30.9 Å². The third-order valence-corrected chi connectivity index (χ3v) is 5.10. The second-order valence-corrected chi connectivity index (χ2v) is 7.84. The zero-order valence-corrected chi connectivity index (χ0v) is 17.2. The quantitative estimate of drug-likeness (QED) is 0.539. The van der Waals surface area contributed by atoms with Crippen LogP contribution in [0.2, 0.25) is 0 Å². The van der Waals surface area contributed by atoms with Crippen LogP contribution in [-0.2, 0) is 22.6 Å². The molecule has 1 fully saturated rings. The number of aromatic nitrogens is 2. The molecule has 150 valence electrons. The summed E-state index contributed by atoms with van der Waals surface area (Å²) in [6.07, 6.45) is 2.42. The molecule has 1 aromatic carbocycles. The Labute approximate surface area is 166 Å². The highest BCUT2D eigenvalue weighted by atomic mass is 16.5. The minimum absolute atomic E-state index is 0.147. The van der Waals surface area contributed by atoms with Crippen LogP contribution in [0.1, 0.15) is 50.1 Å². The van der Waals surface area contributed by atoms with Crippen LogP contribution in [0.15, 0.2) is 24.3 Å². The Balaban J connectivity index is 1.56. The highest BCUT2D eigenvalue weighted by Crippen LogP contribution is 2.24. The van der Waals surface area contributed by atoms with Crippen molar-refractivity contribution >= 4 is 17.6 Å². The van der Waals surface area contributed by atoms with Gasteiger partial charge in [0.15, 0.2) is 0 Å². The van der Waals surface area contributed by atoms with Crippen LogP contribution >= 0.6 is 0 Å². The van der Waals surface area contributed by atoms with E-state index in [1.54, 1.807) is 17.0 Å². The fourth-order valence-electron chi connectivity index (χ4n) is 3.64. The Morgan fingerprint density at radius 2 is 1.93 bits per heavy atom. The highest BCUT2D eigenvalue weighted by molar-refractivity contribution is 5.95. The van der Waals surface area contributed by atoms with Gasteiger partial charge in [0.1, 0.15) is 5.75 Å². The van der Waals surface area contributed by atoms with E-state index in [1.165, 1.54) is 0 Å². The first-order valence-corrected chi connectivity index (χ1v) is 9.99. The Hall–Kier alpha value is -2.63. The Morgan fingerprint density at radius 3 is 2.54 bits per heavy atom. The van der Waals surface area contributed by atoms with Gasteiger partial charge in [-0.25, -0.2) is 0 Å². The van der Waals surface area contributed by atoms with Crippen molar-refractivity contribution in [3.63, 3.8) is 0 Å². The molecule has 0 unspecified atom stereocenters. The van der Waals surface area contributed by atoms with E-state index < -0.39 is 0 Å². The van der Waals surface area contributed by atoms with E-state index in [0.29, 0.717) is 30.9 Å². The number of esters is 1. The van der Waals surface area contributed by atoms with Gasteiger partial charge in [-0.3, -0.25) is 14.3 Å². The largest absolute Gasteiger partial charge is 0.427 e. The SMILES string of the molecule is Cc1nn(CC(C)C)c(C)c1CCC(=O)Oc1ccc(N2CCCC2=O)cc1. The number of hydrogen-bond acceptors (Lipinski definition) is 4. The monoisotopic (exact) mass is 383 g/mol. The lowest BCUT2D eigenvalue weighted by Crippen LogP contribution is -2.23. The average Bonchev–Trinajstić information content (AvgIpc) is 3.17. The van der Waals surface area contributed by atoms with Gasteiger partial charge >= 0.3 is 5.97 Å². The number of carbonyl (C=O) groups excluding carboxylic acids is 2. The molecule has 1 amide bonds. The van der Waals surface area contributed by atoms with Crippen molar-refractivity contribution in [1.82, 2.24) is 9.78 Å². The molecule has 1 saturated heterocycles. The van der Waals surface area contributed by atoms with Gasteiger partial charge in [0.2, 0.25) is 5.91 Å². The molecule has 0 bridgehead atoms. The number of aryl methyl sites for hydroxylation is 1. The highest BCUT2D eigenvalue weighted by Gasteiger charge is 2.21. The Kier molecular flexibility index (Phi) is 6.17. The molecule has 1 aromatic heterocycles. The van der Waals surface area contributed by atoms with E-state index >= 15 is 0 Å². The van der Waals surface area contributed by atoms with Gasteiger partial charge < -0.3 is 9.64 Å². The Morgan fingerprint density at radius 1 is 1.21 bits per heavy atom. The van der Waals surface area contributed by atoms with Gasteiger partial charge in [-0.1, -0.05) is 13.8 Å². The van der Waals surface area contributed by atoms with Crippen LogP contribution in [0.4, 0.5) is 5.69 Å². The smallest absolute Gasteiger partial charge is 0.311 e. The predicted octanol–water partition coefficient (Wildman–Crippen LogP) is 3.82. The average molecular weight is 383 g/mol. The number of amides is 1. The van der Waals surface area contributed by atoms with Gasteiger partial charge in [0.25, 0.3) is 0 Å². The minimum atomic E-state index is -0.264. The molecular formula is C22H29N3O3. The van der Waals surface area contributed by atoms with Crippen molar-refractivity contribution in [2.24, 2.45) is 5.92 Å². The fraction of sp³-hybridized carbons (Fsp3) is 0.500. The number of rotatable bonds is 7. The van der Waals surface area contributed by atoms with Crippen molar-refractivity contribution in [2.75, 3.05) is 11.4 Å². The van der Waals surface area contributed by atoms with E-state index in [2.05, 4.69) is 25.9 Å². The molecule has 1 aliphatic rings. The molecule has 28 heavy (non-hydrogen) atoms. The van der Waals surface area contributed by atoms with E-state index in [4.69, 9.17) is 4.74 Å². The zero-order valence-electron chi connectivity index (χ0n) is 17.2. The molecule has 2 heterocycles. The summed E-state index contributed by atoms with van der Waals surface area (Å²) in [7, 11) is 0. The zero-order chi connectivity index (χ0) is 20.3. The van der Waals surface area contributed by atoms with E-state index in [0.717, 1.165) is 42.1 Å². The number of ether oxygens (including phenoxy) is 1. The number of benzene rings is 1. The molecule has 0 saturated carbocycles. The number of carbonyl (C=O) groups is 2. The molecule has 0 atom stereocenters. The molecule has 6 nitrogen and oxygen atoms in total. The lowest BCUT2D eigenvalue weighted by atomic mass is 10.1. The lowest BCUT2D eigenvalue weighted by molar-refractivity contribution is -0.134. The standard InChI is InChI=1S/C22H29N3O3/c1-15(2)14-25-17(4)20(16(3)23-25)11-12-22(27)28-19-9-7-18(8-10-19)24-13-5-6-21(24)26/h7-10,15H,5-6,11-14H2,1-4H3. The summed E-state index contributed by atoms with van der Waals surface area (Å²) in [4.78, 5) is 25.8. The van der Waals surface area contributed by atoms with Crippen LogP contribution in [0, 0.1) is 19.8 Å². The molecule has 2 aromatic rings. The van der Waals surface area contributed by atoms with Crippen LogP contribution < -0.4 is 9.64 Å². The van der Waals surface area contributed by atoms with Crippen molar-refractivity contribution in [1.29, 1.82) is 0 Å². The lowest BCUT2D eigenvalue weighted by Gasteiger charge is -2.15. The van der Waals surface area contributed by atoms with Crippen molar-refractivity contribution < 1.29 is 14.3 Å². The van der Waals surface area contributed by atoms with E-state index in [-0.39, 0.29) is 11.9 Å². The first-order valence-electron chi connectivity index (χ1n) is 9.99. The summed E-state index contributed by atoms with van der Waals surface area (Å²) < 4.78 is 7.49. The summed E-state index contributed by atoms with van der Waals surface area (Å²) in [5, 5.41) is 4.60. The minimum Gasteiger partial charge on any atom is -0.427 e. The van der Waals surface area contributed by atoms with Crippen LogP contribution in [0.3, 0.4) is 0 Å². The number of nitrogens with zero attached hydrogens (tertiary/aromatic N) is 3. The second-order valence-electron chi connectivity index (χ2n) is 7.84. The second kappa shape index (κ2) is 8.59. The van der Waals surface area contributed by atoms with Gasteiger partial charge in [-0.2, -0.15) is 5.10 Å². The van der Waals surface area contributed by atoms with Gasteiger partial charge in [-0.05, 0) is 62.4 Å². The predicted molar refractivity (Wildman–Crippen MR) is 109 cm³/mol. The summed E-state index contributed by atoms with van der Waals surface area (Å²) in [6, 6.07) is 7.15. The normalized spacial score (nSPS) is 14.2. The Bertz CT molecular complexity index is 853. The van der Waals surface area contributed by atoms with E-state index in [9.17, 15) is 9.59 Å². The molecule has 0 radical (unpaired) electrons. The summed E-state index contributed by atoms with van der Waals surface area (Å²) >= 11 is 0. The maximum atomic E-state index is 12.3. The van der Waals surface area contributed by atoms with Crippen molar-refractivity contribution in [3.05, 3.63) is 41.2 Å². The van der Waals surface area contributed by atoms with Crippen LogP contribution in [-0.4, -0.2) is 28.2 Å². The van der Waals surface area contributed by atoms with Gasteiger partial charge in [-0.15, -0.1) is 0 Å². The number of anilines is 1. The first kappa shape index (κ1) is 20.1. The van der Waals surface area contributed by atoms with E-state index in [1.807, 2.05) is 23.7 Å². The molecule has 1 aliphatic heterocycles. The molecule has 0 N–H and O–H groups in total. The van der Waals surface area contributed by atoms with Crippen LogP contribution in [0.5, 0.6) is 5.75 Å². The molecule has 3 rings (SSSR count). The summed E-state index contributed by atoms with van der Waals surface area (Å²) in [5.41, 5.74) is 4.08. The summed E-state index contributed by atoms with van der Waals surface area (Å²) in [5.74, 6) is 0.910. The molecule has 0 aliphatic carbocycles. The molecule has 6 heteroatoms. The maximum Gasteiger partial charge on any atom is 0.311 e. The third kappa shape index (κ3) is 4.61. The van der Waals surface area contributed by atoms with Crippen molar-refractivity contribution in [3.8, 4) is 5.75 Å². The first-order chi connectivity index (χ1) is 13.3. The molecular weight excluding hydrogens is 354 g/mol.